The fourth-order valence-electron chi connectivity index (χ4n) is 1.71. The standard InChI is InChI=1S/C13H17N5/c1-10-9-12(17-13(14)16-10)18(2)8-6-11-5-3-4-7-15-11/h3-5,7,9H,6,8H2,1-2H3,(H2,14,16,17). The fraction of sp³-hybridized carbons (Fsp3) is 0.308. The number of nitrogens with two attached hydrogens (primary N) is 1. The van der Waals surface area contributed by atoms with Crippen molar-refractivity contribution in [3.05, 3.63) is 41.9 Å². The van der Waals surface area contributed by atoms with Crippen molar-refractivity contribution >= 4 is 11.8 Å². The lowest BCUT2D eigenvalue weighted by Crippen LogP contribution is -2.22. The van der Waals surface area contributed by atoms with Crippen molar-refractivity contribution in [1.82, 2.24) is 15.0 Å². The predicted octanol–water partition coefficient (Wildman–Crippen LogP) is 1.44. The van der Waals surface area contributed by atoms with Crippen LogP contribution in [0.15, 0.2) is 30.5 Å². The van der Waals surface area contributed by atoms with E-state index in [1.165, 1.54) is 0 Å². The Kier molecular flexibility index (Phi) is 3.72. The van der Waals surface area contributed by atoms with Crippen LogP contribution in [0.3, 0.4) is 0 Å². The topological polar surface area (TPSA) is 67.9 Å². The third-order valence-corrected chi connectivity index (χ3v) is 2.68. The van der Waals surface area contributed by atoms with Gasteiger partial charge in [-0.15, -0.1) is 0 Å². The van der Waals surface area contributed by atoms with Crippen molar-refractivity contribution in [3.63, 3.8) is 0 Å². The number of nitrogens with zero attached hydrogens (tertiary/aromatic N) is 4. The summed E-state index contributed by atoms with van der Waals surface area (Å²) in [5, 5.41) is 0. The summed E-state index contributed by atoms with van der Waals surface area (Å²) in [4.78, 5) is 14.6. The summed E-state index contributed by atoms with van der Waals surface area (Å²) in [6, 6.07) is 7.86. The zero-order valence-corrected chi connectivity index (χ0v) is 10.7. The van der Waals surface area contributed by atoms with Gasteiger partial charge < -0.3 is 10.6 Å². The Bertz CT molecular complexity index is 492. The molecule has 5 nitrogen and oxygen atoms in total. The number of aromatic nitrogens is 3. The molecule has 0 saturated carbocycles. The third kappa shape index (κ3) is 3.16. The van der Waals surface area contributed by atoms with Crippen molar-refractivity contribution in [2.45, 2.75) is 13.3 Å². The summed E-state index contributed by atoms with van der Waals surface area (Å²) in [6.45, 7) is 2.75. The molecule has 18 heavy (non-hydrogen) atoms. The second-order valence-electron chi connectivity index (χ2n) is 4.22. The van der Waals surface area contributed by atoms with Gasteiger partial charge in [-0.25, -0.2) is 4.98 Å². The molecule has 0 aliphatic carbocycles. The Labute approximate surface area is 107 Å². The maximum atomic E-state index is 5.64. The van der Waals surface area contributed by atoms with Crippen LogP contribution in [0, 0.1) is 6.92 Å². The minimum atomic E-state index is 0.315. The molecule has 0 unspecified atom stereocenters. The largest absolute Gasteiger partial charge is 0.368 e. The Morgan fingerprint density at radius 1 is 1.28 bits per heavy atom. The normalized spacial score (nSPS) is 10.3. The van der Waals surface area contributed by atoms with E-state index in [-0.39, 0.29) is 0 Å². The summed E-state index contributed by atoms with van der Waals surface area (Å²) < 4.78 is 0. The van der Waals surface area contributed by atoms with Gasteiger partial charge in [0, 0.05) is 43.7 Å². The lowest BCUT2D eigenvalue weighted by atomic mass is 10.2. The second-order valence-corrected chi connectivity index (χ2v) is 4.22. The van der Waals surface area contributed by atoms with Gasteiger partial charge in [-0.05, 0) is 19.1 Å². The highest BCUT2D eigenvalue weighted by Crippen LogP contribution is 2.12. The van der Waals surface area contributed by atoms with E-state index in [0.717, 1.165) is 30.2 Å². The molecule has 0 radical (unpaired) electrons. The second kappa shape index (κ2) is 5.44. The van der Waals surface area contributed by atoms with E-state index < -0.39 is 0 Å². The molecule has 2 N–H and O–H groups in total. The van der Waals surface area contributed by atoms with E-state index in [4.69, 9.17) is 5.73 Å². The summed E-state index contributed by atoms with van der Waals surface area (Å²) in [5.74, 6) is 1.16. The van der Waals surface area contributed by atoms with Crippen molar-refractivity contribution in [1.29, 1.82) is 0 Å². The fourth-order valence-corrected chi connectivity index (χ4v) is 1.71. The van der Waals surface area contributed by atoms with E-state index in [9.17, 15) is 0 Å². The van der Waals surface area contributed by atoms with Crippen LogP contribution in [-0.4, -0.2) is 28.5 Å². The minimum absolute atomic E-state index is 0.315. The lowest BCUT2D eigenvalue weighted by molar-refractivity contribution is 0.835. The van der Waals surface area contributed by atoms with Gasteiger partial charge >= 0.3 is 0 Å². The van der Waals surface area contributed by atoms with Crippen molar-refractivity contribution in [2.24, 2.45) is 0 Å². The molecule has 5 heteroatoms. The maximum absolute atomic E-state index is 5.64. The highest BCUT2D eigenvalue weighted by Gasteiger charge is 2.05. The van der Waals surface area contributed by atoms with Crippen LogP contribution in [-0.2, 0) is 6.42 Å². The van der Waals surface area contributed by atoms with Crippen LogP contribution in [0.25, 0.3) is 0 Å². The summed E-state index contributed by atoms with van der Waals surface area (Å²) in [7, 11) is 1.99. The third-order valence-electron chi connectivity index (χ3n) is 2.68. The molecule has 0 atom stereocenters. The predicted molar refractivity (Wildman–Crippen MR) is 72.4 cm³/mol. The van der Waals surface area contributed by atoms with Crippen molar-refractivity contribution < 1.29 is 0 Å². The number of rotatable bonds is 4. The Balaban J connectivity index is 2.01. The molecule has 0 amide bonds. The molecule has 94 valence electrons. The van der Waals surface area contributed by atoms with Gasteiger partial charge in [-0.1, -0.05) is 6.07 Å². The Morgan fingerprint density at radius 2 is 2.11 bits per heavy atom. The van der Waals surface area contributed by atoms with E-state index in [1.807, 2.05) is 44.4 Å². The average Bonchev–Trinajstić information content (AvgIpc) is 2.36. The maximum Gasteiger partial charge on any atom is 0.222 e. The number of likely N-dealkylation sites (N-methyl/N-ethyl adjacent to an activating group) is 1. The number of aryl methyl sites for hydroxylation is 1. The number of hydrogen-bond acceptors (Lipinski definition) is 5. The quantitative estimate of drug-likeness (QED) is 0.880. The van der Waals surface area contributed by atoms with Gasteiger partial charge in [0.1, 0.15) is 5.82 Å². The van der Waals surface area contributed by atoms with Gasteiger partial charge in [-0.2, -0.15) is 4.98 Å². The van der Waals surface area contributed by atoms with Crippen LogP contribution < -0.4 is 10.6 Å². The van der Waals surface area contributed by atoms with Crippen LogP contribution >= 0.6 is 0 Å². The van der Waals surface area contributed by atoms with E-state index in [0.29, 0.717) is 5.95 Å². The summed E-state index contributed by atoms with van der Waals surface area (Å²) >= 11 is 0. The van der Waals surface area contributed by atoms with Gasteiger partial charge in [0.05, 0.1) is 0 Å². The smallest absolute Gasteiger partial charge is 0.222 e. The van der Waals surface area contributed by atoms with Gasteiger partial charge in [0.15, 0.2) is 0 Å². The average molecular weight is 243 g/mol. The van der Waals surface area contributed by atoms with Gasteiger partial charge in [0.25, 0.3) is 0 Å². The molecule has 0 spiro atoms. The first kappa shape index (κ1) is 12.3. The Morgan fingerprint density at radius 3 is 2.78 bits per heavy atom. The SMILES string of the molecule is Cc1cc(N(C)CCc2ccccn2)nc(N)n1. The van der Waals surface area contributed by atoms with E-state index in [2.05, 4.69) is 19.9 Å². The van der Waals surface area contributed by atoms with Crippen LogP contribution in [0.1, 0.15) is 11.4 Å². The van der Waals surface area contributed by atoms with E-state index in [1.54, 1.807) is 0 Å². The number of hydrogen-bond donors (Lipinski definition) is 1. The Hall–Kier alpha value is -2.17. The van der Waals surface area contributed by atoms with Crippen LogP contribution in [0.5, 0.6) is 0 Å². The van der Waals surface area contributed by atoms with Crippen LogP contribution in [0.2, 0.25) is 0 Å². The zero-order valence-electron chi connectivity index (χ0n) is 10.7. The number of nitrogen functional groups attached to an aromatic ring is 1. The van der Waals surface area contributed by atoms with Crippen molar-refractivity contribution in [3.8, 4) is 0 Å². The first-order valence-electron chi connectivity index (χ1n) is 5.87. The molecule has 2 rings (SSSR count). The molecule has 0 aliphatic heterocycles. The molecule has 0 bridgehead atoms. The highest BCUT2D eigenvalue weighted by molar-refractivity contribution is 5.42. The minimum Gasteiger partial charge on any atom is -0.368 e. The molecule has 2 aromatic rings. The zero-order chi connectivity index (χ0) is 13.0. The molecule has 0 saturated heterocycles. The lowest BCUT2D eigenvalue weighted by Gasteiger charge is -2.18. The molecular weight excluding hydrogens is 226 g/mol. The van der Waals surface area contributed by atoms with E-state index >= 15 is 0 Å². The van der Waals surface area contributed by atoms with Crippen LogP contribution in [0.4, 0.5) is 11.8 Å². The molecule has 2 aromatic heterocycles. The first-order valence-corrected chi connectivity index (χ1v) is 5.87. The highest BCUT2D eigenvalue weighted by atomic mass is 15.2. The monoisotopic (exact) mass is 243 g/mol. The molecule has 2 heterocycles. The number of anilines is 2. The van der Waals surface area contributed by atoms with Gasteiger partial charge in [0.2, 0.25) is 5.95 Å². The summed E-state index contributed by atoms with van der Waals surface area (Å²) in [5.41, 5.74) is 7.59. The molecule has 0 aliphatic rings. The molecule has 0 fully saturated rings. The van der Waals surface area contributed by atoms with Crippen molar-refractivity contribution in [2.75, 3.05) is 24.2 Å². The summed E-state index contributed by atoms with van der Waals surface area (Å²) in [6.07, 6.45) is 2.68. The molecular formula is C13H17N5. The van der Waals surface area contributed by atoms with Gasteiger partial charge in [-0.3, -0.25) is 4.98 Å². The number of pyridine rings is 1. The molecule has 0 aromatic carbocycles. The first-order chi connectivity index (χ1) is 8.65.